The molecule has 0 bridgehead atoms. The van der Waals surface area contributed by atoms with Gasteiger partial charge in [0.1, 0.15) is 6.42 Å². The van der Waals surface area contributed by atoms with E-state index in [1.54, 1.807) is 31.2 Å². The summed E-state index contributed by atoms with van der Waals surface area (Å²) in [6.07, 6.45) is -0.0596. The lowest BCUT2D eigenvalue weighted by Crippen LogP contribution is -2.07. The predicted octanol–water partition coefficient (Wildman–Crippen LogP) is 2.04. The normalized spacial score (nSPS) is 9.38. The standard InChI is InChI=1S/C16H16O5/c1-2-21-16(20)11-10-14(17)13-8-6-12(7-9-13)4-3-5-15(18)19/h6-9H,2,5,10-11H2,1H3,(H,18,19). The maximum Gasteiger partial charge on any atom is 0.315 e. The summed E-state index contributed by atoms with van der Waals surface area (Å²) in [5, 5.41) is 8.47. The van der Waals surface area contributed by atoms with Crippen molar-refractivity contribution >= 4 is 17.7 Å². The second-order valence-corrected chi connectivity index (χ2v) is 4.18. The summed E-state index contributed by atoms with van der Waals surface area (Å²) < 4.78 is 4.75. The molecule has 0 radical (unpaired) electrons. The minimum absolute atomic E-state index is 0.0623. The number of benzene rings is 1. The number of carboxylic acids is 1. The lowest BCUT2D eigenvalue weighted by atomic mass is 10.0. The van der Waals surface area contributed by atoms with Gasteiger partial charge in [-0.05, 0) is 19.1 Å². The van der Waals surface area contributed by atoms with E-state index >= 15 is 0 Å². The fourth-order valence-electron chi connectivity index (χ4n) is 1.55. The molecule has 0 saturated carbocycles. The van der Waals surface area contributed by atoms with Crippen LogP contribution in [0.4, 0.5) is 0 Å². The molecule has 0 aromatic heterocycles. The first-order valence-corrected chi connectivity index (χ1v) is 6.52. The van der Waals surface area contributed by atoms with Crippen molar-refractivity contribution in [3.8, 4) is 11.8 Å². The Morgan fingerprint density at radius 2 is 1.81 bits per heavy atom. The smallest absolute Gasteiger partial charge is 0.315 e. The third-order valence-corrected chi connectivity index (χ3v) is 2.54. The summed E-state index contributed by atoms with van der Waals surface area (Å²) in [4.78, 5) is 33.3. The van der Waals surface area contributed by atoms with Crippen molar-refractivity contribution in [2.75, 3.05) is 6.61 Å². The van der Waals surface area contributed by atoms with Crippen LogP contribution in [0.25, 0.3) is 0 Å². The molecular formula is C16H16O5. The summed E-state index contributed by atoms with van der Waals surface area (Å²) in [5.41, 5.74) is 1.13. The van der Waals surface area contributed by atoms with Crippen molar-refractivity contribution in [2.45, 2.75) is 26.2 Å². The molecule has 21 heavy (non-hydrogen) atoms. The zero-order valence-electron chi connectivity index (χ0n) is 11.7. The Morgan fingerprint density at radius 3 is 2.38 bits per heavy atom. The van der Waals surface area contributed by atoms with Crippen LogP contribution in [0.15, 0.2) is 24.3 Å². The van der Waals surface area contributed by atoms with Crippen molar-refractivity contribution in [1.29, 1.82) is 0 Å². The first-order chi connectivity index (χ1) is 10.0. The molecule has 1 aromatic rings. The van der Waals surface area contributed by atoms with Crippen molar-refractivity contribution in [3.63, 3.8) is 0 Å². The number of carbonyl (C=O) groups is 3. The topological polar surface area (TPSA) is 80.7 Å². The van der Waals surface area contributed by atoms with Crippen LogP contribution in [0.1, 0.15) is 42.1 Å². The summed E-state index contributed by atoms with van der Waals surface area (Å²) in [6, 6.07) is 6.51. The monoisotopic (exact) mass is 288 g/mol. The Bertz CT molecular complexity index is 575. The van der Waals surface area contributed by atoms with Gasteiger partial charge in [-0.25, -0.2) is 0 Å². The Hall–Kier alpha value is -2.61. The van der Waals surface area contributed by atoms with Crippen molar-refractivity contribution in [2.24, 2.45) is 0 Å². The average molecular weight is 288 g/mol. The SMILES string of the molecule is CCOC(=O)CCC(=O)c1ccc(C#CCC(=O)O)cc1. The van der Waals surface area contributed by atoms with Crippen LogP contribution in [0.3, 0.4) is 0 Å². The van der Waals surface area contributed by atoms with Crippen LogP contribution < -0.4 is 0 Å². The van der Waals surface area contributed by atoms with Crippen LogP contribution in [0, 0.1) is 11.8 Å². The molecule has 0 fully saturated rings. The maximum absolute atomic E-state index is 11.8. The van der Waals surface area contributed by atoms with Crippen molar-refractivity contribution in [3.05, 3.63) is 35.4 Å². The Morgan fingerprint density at radius 1 is 1.14 bits per heavy atom. The highest BCUT2D eigenvalue weighted by Crippen LogP contribution is 2.08. The average Bonchev–Trinajstić information content (AvgIpc) is 2.45. The molecule has 0 aliphatic carbocycles. The quantitative estimate of drug-likeness (QED) is 0.492. The molecule has 0 heterocycles. The van der Waals surface area contributed by atoms with E-state index in [-0.39, 0.29) is 31.0 Å². The van der Waals surface area contributed by atoms with E-state index in [1.807, 2.05) is 0 Å². The Kier molecular flexibility index (Phi) is 6.69. The van der Waals surface area contributed by atoms with Gasteiger partial charge in [0, 0.05) is 17.5 Å². The van der Waals surface area contributed by atoms with Gasteiger partial charge in [-0.3, -0.25) is 14.4 Å². The number of aliphatic carboxylic acids is 1. The molecule has 1 aromatic carbocycles. The molecule has 5 nitrogen and oxygen atoms in total. The molecule has 0 saturated heterocycles. The van der Waals surface area contributed by atoms with E-state index in [9.17, 15) is 14.4 Å². The van der Waals surface area contributed by atoms with E-state index in [0.717, 1.165) is 0 Å². The number of esters is 1. The van der Waals surface area contributed by atoms with Crippen LogP contribution in [0.2, 0.25) is 0 Å². The highest BCUT2D eigenvalue weighted by atomic mass is 16.5. The molecule has 5 heteroatoms. The van der Waals surface area contributed by atoms with E-state index in [2.05, 4.69) is 11.8 Å². The summed E-state index contributed by atoms with van der Waals surface area (Å²) >= 11 is 0. The first-order valence-electron chi connectivity index (χ1n) is 6.52. The summed E-state index contributed by atoms with van der Waals surface area (Å²) in [5.74, 6) is 3.69. The molecule has 0 spiro atoms. The maximum atomic E-state index is 11.8. The fourth-order valence-corrected chi connectivity index (χ4v) is 1.55. The second-order valence-electron chi connectivity index (χ2n) is 4.18. The highest BCUT2D eigenvalue weighted by molar-refractivity contribution is 5.97. The van der Waals surface area contributed by atoms with Crippen LogP contribution in [-0.2, 0) is 14.3 Å². The third-order valence-electron chi connectivity index (χ3n) is 2.54. The number of ketones is 1. The molecule has 0 atom stereocenters. The molecule has 1 rings (SSSR count). The van der Waals surface area contributed by atoms with Crippen LogP contribution in [0.5, 0.6) is 0 Å². The molecule has 0 aliphatic heterocycles. The van der Waals surface area contributed by atoms with Gasteiger partial charge in [0.2, 0.25) is 0 Å². The summed E-state index contributed by atoms with van der Waals surface area (Å²) in [7, 11) is 0. The molecule has 110 valence electrons. The zero-order valence-corrected chi connectivity index (χ0v) is 11.7. The molecule has 0 unspecified atom stereocenters. The minimum atomic E-state index is -0.978. The fraction of sp³-hybridized carbons (Fsp3) is 0.312. The number of Topliss-reactive ketones (excluding diaryl/α,β-unsaturated/α-hetero) is 1. The number of carbonyl (C=O) groups excluding carboxylic acids is 2. The van der Waals surface area contributed by atoms with E-state index in [4.69, 9.17) is 9.84 Å². The first kappa shape index (κ1) is 16.4. The van der Waals surface area contributed by atoms with Gasteiger partial charge < -0.3 is 9.84 Å². The van der Waals surface area contributed by atoms with Gasteiger partial charge in [-0.15, -0.1) is 0 Å². The van der Waals surface area contributed by atoms with Gasteiger partial charge >= 0.3 is 11.9 Å². The van der Waals surface area contributed by atoms with E-state index < -0.39 is 5.97 Å². The highest BCUT2D eigenvalue weighted by Gasteiger charge is 2.09. The molecule has 0 aliphatic rings. The Labute approximate surface area is 122 Å². The van der Waals surface area contributed by atoms with Crippen molar-refractivity contribution in [1.82, 2.24) is 0 Å². The van der Waals surface area contributed by atoms with Crippen LogP contribution >= 0.6 is 0 Å². The molecule has 1 N–H and O–H groups in total. The third kappa shape index (κ3) is 6.39. The Balaban J connectivity index is 2.56. The minimum Gasteiger partial charge on any atom is -0.481 e. The van der Waals surface area contributed by atoms with Gasteiger partial charge in [0.05, 0.1) is 13.0 Å². The number of rotatable bonds is 6. The van der Waals surface area contributed by atoms with Crippen molar-refractivity contribution < 1.29 is 24.2 Å². The lowest BCUT2D eigenvalue weighted by molar-refractivity contribution is -0.143. The van der Waals surface area contributed by atoms with E-state index in [0.29, 0.717) is 17.7 Å². The van der Waals surface area contributed by atoms with Gasteiger partial charge in [0.25, 0.3) is 0 Å². The summed E-state index contributed by atoms with van der Waals surface area (Å²) in [6.45, 7) is 2.01. The molecular weight excluding hydrogens is 272 g/mol. The van der Waals surface area contributed by atoms with E-state index in [1.165, 1.54) is 0 Å². The largest absolute Gasteiger partial charge is 0.481 e. The number of hydrogen-bond acceptors (Lipinski definition) is 4. The predicted molar refractivity (Wildman–Crippen MR) is 75.8 cm³/mol. The molecule has 0 amide bonds. The zero-order chi connectivity index (χ0) is 15.7. The lowest BCUT2D eigenvalue weighted by Gasteiger charge is -2.02. The van der Waals surface area contributed by atoms with Gasteiger partial charge in [-0.2, -0.15) is 0 Å². The van der Waals surface area contributed by atoms with Gasteiger partial charge in [0.15, 0.2) is 5.78 Å². The number of hydrogen-bond donors (Lipinski definition) is 1. The number of ether oxygens (including phenoxy) is 1. The van der Waals surface area contributed by atoms with Gasteiger partial charge in [-0.1, -0.05) is 24.0 Å². The second kappa shape index (κ2) is 8.54. The van der Waals surface area contributed by atoms with Crippen LogP contribution in [-0.4, -0.2) is 29.4 Å². The number of carboxylic acid groups (broad SMARTS) is 1.